The van der Waals surface area contributed by atoms with E-state index in [4.69, 9.17) is 4.74 Å². The van der Waals surface area contributed by atoms with Crippen molar-refractivity contribution < 1.29 is 4.74 Å². The molecule has 0 amide bonds. The molecule has 1 saturated heterocycles. The summed E-state index contributed by atoms with van der Waals surface area (Å²) in [6, 6.07) is 3.87. The van der Waals surface area contributed by atoms with Gasteiger partial charge in [-0.3, -0.25) is 0 Å². The second-order valence-electron chi connectivity index (χ2n) is 5.83. The number of pyridine rings is 1. The Morgan fingerprint density at radius 1 is 0.952 bits per heavy atom. The molecular weight excluding hydrogens is 328 g/mol. The Labute approximate surface area is 137 Å². The number of aromatic nitrogens is 1. The Hall–Kier alpha value is -0.610. The second-order valence-corrected chi connectivity index (χ2v) is 6.75. The molecule has 4 heteroatoms. The second kappa shape index (κ2) is 10.2. The minimum atomic E-state index is 0.726. The molecule has 21 heavy (non-hydrogen) atoms. The van der Waals surface area contributed by atoms with E-state index in [-0.39, 0.29) is 0 Å². The summed E-state index contributed by atoms with van der Waals surface area (Å²) < 4.78 is 6.60. The summed E-state index contributed by atoms with van der Waals surface area (Å²) in [5, 5.41) is 0. The van der Waals surface area contributed by atoms with E-state index in [9.17, 15) is 0 Å². The highest BCUT2D eigenvalue weighted by atomic mass is 79.9. The number of hydrogen-bond donors (Lipinski definition) is 0. The predicted octanol–water partition coefficient (Wildman–Crippen LogP) is 4.66. The van der Waals surface area contributed by atoms with Crippen LogP contribution in [0.4, 0.5) is 0 Å². The van der Waals surface area contributed by atoms with Gasteiger partial charge in [-0.15, -0.1) is 0 Å². The smallest absolute Gasteiger partial charge is 0.213 e. The first kappa shape index (κ1) is 16.8. The number of ether oxygens (including phenoxy) is 1. The van der Waals surface area contributed by atoms with Crippen molar-refractivity contribution in [2.75, 3.05) is 26.2 Å². The van der Waals surface area contributed by atoms with Crippen LogP contribution in [0.5, 0.6) is 5.88 Å². The fourth-order valence-electron chi connectivity index (χ4n) is 2.42. The van der Waals surface area contributed by atoms with Crippen molar-refractivity contribution >= 4 is 15.9 Å². The van der Waals surface area contributed by atoms with Crippen molar-refractivity contribution in [3.05, 3.63) is 22.8 Å². The third-order valence-electron chi connectivity index (χ3n) is 3.86. The van der Waals surface area contributed by atoms with Gasteiger partial charge in [-0.25, -0.2) is 4.98 Å². The van der Waals surface area contributed by atoms with Crippen molar-refractivity contribution in [3.63, 3.8) is 0 Å². The molecule has 1 fully saturated rings. The van der Waals surface area contributed by atoms with Crippen molar-refractivity contribution in [1.82, 2.24) is 9.88 Å². The summed E-state index contributed by atoms with van der Waals surface area (Å²) in [5.74, 6) is 0.726. The van der Waals surface area contributed by atoms with Crippen molar-refractivity contribution in [2.45, 2.75) is 51.4 Å². The van der Waals surface area contributed by atoms with Crippen LogP contribution < -0.4 is 4.74 Å². The van der Waals surface area contributed by atoms with Gasteiger partial charge in [-0.05, 0) is 41.4 Å². The Morgan fingerprint density at radius 2 is 1.62 bits per heavy atom. The molecule has 1 aromatic rings. The Morgan fingerprint density at radius 3 is 2.24 bits per heavy atom. The van der Waals surface area contributed by atoms with E-state index in [0.29, 0.717) is 0 Å². The van der Waals surface area contributed by atoms with Gasteiger partial charge in [0.1, 0.15) is 0 Å². The molecule has 0 N–H and O–H groups in total. The average Bonchev–Trinajstić information content (AvgIpc) is 3.31. The van der Waals surface area contributed by atoms with E-state index in [0.717, 1.165) is 23.4 Å². The molecule has 0 aliphatic carbocycles. The molecule has 0 bridgehead atoms. The fraction of sp³-hybridized carbons (Fsp3) is 0.706. The molecule has 0 spiro atoms. The molecule has 118 valence electrons. The highest BCUT2D eigenvalue weighted by Gasteiger charge is 2.14. The van der Waals surface area contributed by atoms with Crippen molar-refractivity contribution in [1.29, 1.82) is 0 Å². The van der Waals surface area contributed by atoms with Crippen LogP contribution in [0.25, 0.3) is 0 Å². The number of hydrogen-bond acceptors (Lipinski definition) is 3. The Bertz CT molecular complexity index is 379. The van der Waals surface area contributed by atoms with Gasteiger partial charge in [0.2, 0.25) is 5.88 Å². The van der Waals surface area contributed by atoms with Gasteiger partial charge in [-0.1, -0.05) is 38.5 Å². The monoisotopic (exact) mass is 354 g/mol. The molecule has 0 saturated carbocycles. The number of unbranched alkanes of at least 4 members (excludes halogenated alkanes) is 7. The summed E-state index contributed by atoms with van der Waals surface area (Å²) >= 11 is 3.37. The summed E-state index contributed by atoms with van der Waals surface area (Å²) in [5.41, 5.74) is 0. The van der Waals surface area contributed by atoms with Crippen LogP contribution in [0.15, 0.2) is 22.8 Å². The van der Waals surface area contributed by atoms with E-state index in [1.54, 1.807) is 6.20 Å². The topological polar surface area (TPSA) is 25.1 Å². The maximum absolute atomic E-state index is 5.61. The number of rotatable bonds is 12. The normalized spacial score (nSPS) is 14.3. The van der Waals surface area contributed by atoms with Crippen LogP contribution >= 0.6 is 15.9 Å². The van der Waals surface area contributed by atoms with Crippen LogP contribution in [0.2, 0.25) is 0 Å². The first-order valence-electron chi connectivity index (χ1n) is 8.31. The van der Waals surface area contributed by atoms with E-state index in [2.05, 4.69) is 25.8 Å². The summed E-state index contributed by atoms with van der Waals surface area (Å²) in [6.07, 6.45) is 12.5. The largest absolute Gasteiger partial charge is 0.478 e. The highest BCUT2D eigenvalue weighted by molar-refractivity contribution is 9.10. The van der Waals surface area contributed by atoms with E-state index in [1.807, 2.05) is 12.1 Å². The SMILES string of the molecule is Brc1ccc(OCCCCCCCCCCN2CC2)nc1. The lowest BCUT2D eigenvalue weighted by molar-refractivity contribution is 0.293. The predicted molar refractivity (Wildman–Crippen MR) is 90.8 cm³/mol. The lowest BCUT2D eigenvalue weighted by Crippen LogP contribution is -1.99. The summed E-state index contributed by atoms with van der Waals surface area (Å²) in [4.78, 5) is 6.71. The third-order valence-corrected chi connectivity index (χ3v) is 4.33. The number of nitrogens with zero attached hydrogens (tertiary/aromatic N) is 2. The zero-order chi connectivity index (χ0) is 14.8. The minimum absolute atomic E-state index is 0.726. The van der Waals surface area contributed by atoms with Gasteiger partial charge in [0.25, 0.3) is 0 Å². The van der Waals surface area contributed by atoms with Crippen LogP contribution in [0, 0.1) is 0 Å². The molecule has 0 atom stereocenters. The van der Waals surface area contributed by atoms with Gasteiger partial charge in [0.05, 0.1) is 6.61 Å². The maximum Gasteiger partial charge on any atom is 0.213 e. The third kappa shape index (κ3) is 8.42. The van der Waals surface area contributed by atoms with Gasteiger partial charge >= 0.3 is 0 Å². The van der Waals surface area contributed by atoms with Gasteiger partial charge in [0, 0.05) is 29.8 Å². The van der Waals surface area contributed by atoms with Crippen molar-refractivity contribution in [3.8, 4) is 5.88 Å². The van der Waals surface area contributed by atoms with Gasteiger partial charge < -0.3 is 9.64 Å². The quantitative estimate of drug-likeness (QED) is 0.403. The Balaban J connectivity index is 1.32. The molecule has 3 nitrogen and oxygen atoms in total. The first-order chi connectivity index (χ1) is 10.3. The lowest BCUT2D eigenvalue weighted by Gasteiger charge is -2.05. The lowest BCUT2D eigenvalue weighted by atomic mass is 10.1. The average molecular weight is 355 g/mol. The maximum atomic E-state index is 5.61. The zero-order valence-electron chi connectivity index (χ0n) is 12.9. The molecule has 1 aliphatic rings. The molecule has 0 radical (unpaired) electrons. The van der Waals surface area contributed by atoms with Crippen LogP contribution in [-0.2, 0) is 0 Å². The minimum Gasteiger partial charge on any atom is -0.478 e. The van der Waals surface area contributed by atoms with Gasteiger partial charge in [-0.2, -0.15) is 0 Å². The standard InChI is InChI=1S/C17H27BrN2O/c18-16-9-10-17(19-15-16)21-14-8-6-4-2-1-3-5-7-11-20-12-13-20/h9-10,15H,1-8,11-14H2. The summed E-state index contributed by atoms with van der Waals surface area (Å²) in [7, 11) is 0. The molecule has 1 aromatic heterocycles. The van der Waals surface area contributed by atoms with Crippen molar-refractivity contribution in [2.24, 2.45) is 0 Å². The van der Waals surface area contributed by atoms with Crippen LogP contribution in [-0.4, -0.2) is 36.1 Å². The van der Waals surface area contributed by atoms with E-state index >= 15 is 0 Å². The highest BCUT2D eigenvalue weighted by Crippen LogP contribution is 2.14. The van der Waals surface area contributed by atoms with Crippen LogP contribution in [0.1, 0.15) is 51.4 Å². The fourth-order valence-corrected chi connectivity index (χ4v) is 2.65. The molecule has 2 rings (SSSR count). The van der Waals surface area contributed by atoms with Gasteiger partial charge in [0.15, 0.2) is 0 Å². The summed E-state index contributed by atoms with van der Waals surface area (Å²) in [6.45, 7) is 4.81. The van der Waals surface area contributed by atoms with E-state index in [1.165, 1.54) is 64.6 Å². The van der Waals surface area contributed by atoms with E-state index < -0.39 is 0 Å². The first-order valence-corrected chi connectivity index (χ1v) is 9.10. The molecular formula is C17H27BrN2O. The molecule has 0 aromatic carbocycles. The molecule has 1 aliphatic heterocycles. The molecule has 2 heterocycles. The number of halogens is 1. The zero-order valence-corrected chi connectivity index (χ0v) is 14.5. The molecule has 0 unspecified atom stereocenters. The van der Waals surface area contributed by atoms with Crippen LogP contribution in [0.3, 0.4) is 0 Å². The Kier molecular flexibility index (Phi) is 8.12.